The van der Waals surface area contributed by atoms with Crippen molar-refractivity contribution in [2.45, 2.75) is 37.7 Å². The molecule has 1 aliphatic heterocycles. The van der Waals surface area contributed by atoms with Gasteiger partial charge in [-0.2, -0.15) is 0 Å². The Hall–Kier alpha value is -3.52. The Bertz CT molecular complexity index is 1630. The highest BCUT2D eigenvalue weighted by Crippen LogP contribution is 2.46. The second-order valence-corrected chi connectivity index (χ2v) is 11.4. The smallest absolute Gasteiger partial charge is 0.337 e. The molecule has 1 aliphatic carbocycles. The number of benzene rings is 3. The van der Waals surface area contributed by atoms with Gasteiger partial charge in [0.2, 0.25) is 5.91 Å². The number of rotatable bonds is 8. The fourth-order valence-corrected chi connectivity index (χ4v) is 6.12. The molecule has 10 heteroatoms. The Kier molecular flexibility index (Phi) is 7.68. The minimum absolute atomic E-state index is 0.0424. The van der Waals surface area contributed by atoms with Crippen LogP contribution in [0.3, 0.4) is 0 Å². The number of ether oxygens (including phenoxy) is 2. The van der Waals surface area contributed by atoms with Gasteiger partial charge < -0.3 is 18.9 Å². The van der Waals surface area contributed by atoms with E-state index in [4.69, 9.17) is 48.8 Å². The lowest BCUT2D eigenvalue weighted by molar-refractivity contribution is -0.117. The number of esters is 1. The summed E-state index contributed by atoms with van der Waals surface area (Å²) in [6.45, 7) is 0.644. The van der Waals surface area contributed by atoms with Gasteiger partial charge in [0.05, 0.1) is 28.3 Å². The van der Waals surface area contributed by atoms with Crippen molar-refractivity contribution in [1.82, 2.24) is 5.16 Å². The summed E-state index contributed by atoms with van der Waals surface area (Å²) >= 11 is 19.7. The third kappa shape index (κ3) is 5.54. The first-order valence-electron chi connectivity index (χ1n) is 13.2. The number of hydrogen-bond donors (Lipinski definition) is 0. The van der Waals surface area contributed by atoms with Crippen LogP contribution in [-0.2, 0) is 16.1 Å². The standard InChI is InChI=1S/C31H25Cl3N2O5/c1-39-31(38)18-4-2-5-20(12-18)36-15-19(13-27(36)37)22-11-10-21(14-26(22)34)40-16-23-29(35-41-30(23)17-8-9-17)28-24(32)6-3-7-25(28)33/h2-7,10-12,14,17,19H,8-9,13,15-16H2,1H3. The molecule has 0 spiro atoms. The monoisotopic (exact) mass is 610 g/mol. The van der Waals surface area contributed by atoms with Crippen LogP contribution in [0, 0.1) is 0 Å². The van der Waals surface area contributed by atoms with E-state index in [2.05, 4.69) is 5.16 Å². The van der Waals surface area contributed by atoms with Crippen LogP contribution in [0.4, 0.5) is 5.69 Å². The van der Waals surface area contributed by atoms with Crippen LogP contribution in [0.2, 0.25) is 15.1 Å². The lowest BCUT2D eigenvalue weighted by atomic mass is 9.98. The van der Waals surface area contributed by atoms with Gasteiger partial charge in [0.25, 0.3) is 0 Å². The highest BCUT2D eigenvalue weighted by Gasteiger charge is 2.35. The Labute approximate surface area is 251 Å². The largest absolute Gasteiger partial charge is 0.489 e. The molecule has 1 atom stereocenters. The highest BCUT2D eigenvalue weighted by molar-refractivity contribution is 6.39. The number of nitrogens with zero attached hydrogens (tertiary/aromatic N) is 2. The number of hydrogen-bond acceptors (Lipinski definition) is 6. The van der Waals surface area contributed by atoms with Crippen molar-refractivity contribution in [3.05, 3.63) is 98.2 Å². The van der Waals surface area contributed by atoms with Gasteiger partial charge in [0.1, 0.15) is 23.8 Å². The average molecular weight is 612 g/mol. The average Bonchev–Trinajstić information content (AvgIpc) is 3.62. The van der Waals surface area contributed by atoms with Crippen molar-refractivity contribution in [3.63, 3.8) is 0 Å². The molecule has 2 aliphatic rings. The molecule has 1 amide bonds. The first-order chi connectivity index (χ1) is 19.8. The van der Waals surface area contributed by atoms with Crippen molar-refractivity contribution in [2.75, 3.05) is 18.6 Å². The third-order valence-electron chi connectivity index (χ3n) is 7.47. The summed E-state index contributed by atoms with van der Waals surface area (Å²) in [4.78, 5) is 26.5. The van der Waals surface area contributed by atoms with Crippen LogP contribution < -0.4 is 9.64 Å². The van der Waals surface area contributed by atoms with Crippen LogP contribution >= 0.6 is 34.8 Å². The topological polar surface area (TPSA) is 81.9 Å². The van der Waals surface area contributed by atoms with E-state index in [1.165, 1.54) is 7.11 Å². The molecule has 1 unspecified atom stereocenters. The SMILES string of the molecule is COC(=O)c1cccc(N2CC(c3ccc(OCc4c(-c5c(Cl)cccc5Cl)noc4C4CC4)cc3Cl)CC2=O)c1. The predicted octanol–water partition coefficient (Wildman–Crippen LogP) is 8.07. The molecule has 2 fully saturated rings. The van der Waals surface area contributed by atoms with E-state index in [9.17, 15) is 9.59 Å². The fourth-order valence-electron chi connectivity index (χ4n) is 5.22. The number of anilines is 1. The van der Waals surface area contributed by atoms with Gasteiger partial charge in [0.15, 0.2) is 0 Å². The lowest BCUT2D eigenvalue weighted by Crippen LogP contribution is -2.24. The molecule has 6 rings (SSSR count). The molecule has 3 aromatic carbocycles. The Morgan fingerprint density at radius 1 is 1.00 bits per heavy atom. The third-order valence-corrected chi connectivity index (χ3v) is 8.42. The summed E-state index contributed by atoms with van der Waals surface area (Å²) in [6, 6.07) is 17.7. The zero-order valence-electron chi connectivity index (χ0n) is 22.0. The predicted molar refractivity (Wildman–Crippen MR) is 157 cm³/mol. The normalized spacial score (nSPS) is 16.7. The lowest BCUT2D eigenvalue weighted by Gasteiger charge is -2.18. The number of methoxy groups -OCH3 is 1. The highest BCUT2D eigenvalue weighted by atomic mass is 35.5. The molecule has 210 valence electrons. The van der Waals surface area contributed by atoms with Crippen LogP contribution in [0.15, 0.2) is 65.2 Å². The van der Waals surface area contributed by atoms with Gasteiger partial charge in [-0.05, 0) is 60.9 Å². The zero-order valence-corrected chi connectivity index (χ0v) is 24.3. The van der Waals surface area contributed by atoms with Crippen LogP contribution in [0.25, 0.3) is 11.3 Å². The van der Waals surface area contributed by atoms with E-state index in [0.717, 1.165) is 29.7 Å². The van der Waals surface area contributed by atoms with Gasteiger partial charge in [-0.1, -0.05) is 58.2 Å². The van der Waals surface area contributed by atoms with Crippen molar-refractivity contribution in [2.24, 2.45) is 0 Å². The molecule has 0 N–H and O–H groups in total. The van der Waals surface area contributed by atoms with Crippen molar-refractivity contribution in [1.29, 1.82) is 0 Å². The molecule has 0 bridgehead atoms. The van der Waals surface area contributed by atoms with Gasteiger partial charge in [-0.15, -0.1) is 0 Å². The molecular weight excluding hydrogens is 587 g/mol. The van der Waals surface area contributed by atoms with Crippen molar-refractivity contribution < 1.29 is 23.6 Å². The maximum absolute atomic E-state index is 12.9. The van der Waals surface area contributed by atoms with Crippen molar-refractivity contribution in [3.8, 4) is 17.0 Å². The fraction of sp³-hybridized carbons (Fsp3) is 0.258. The zero-order chi connectivity index (χ0) is 28.7. The molecule has 1 aromatic heterocycles. The number of halogens is 3. The Morgan fingerprint density at radius 3 is 2.46 bits per heavy atom. The molecule has 7 nitrogen and oxygen atoms in total. The summed E-state index contributed by atoms with van der Waals surface area (Å²) in [5.74, 6) is 1.06. The molecule has 1 saturated heterocycles. The molecule has 0 radical (unpaired) electrons. The molecule has 41 heavy (non-hydrogen) atoms. The molecule has 4 aromatic rings. The van der Waals surface area contributed by atoms with E-state index < -0.39 is 5.97 Å². The number of carbonyl (C=O) groups excluding carboxylic acids is 2. The molecular formula is C31H25Cl3N2O5. The van der Waals surface area contributed by atoms with Gasteiger partial charge in [-0.25, -0.2) is 4.79 Å². The van der Waals surface area contributed by atoms with Gasteiger partial charge in [0, 0.05) is 41.1 Å². The van der Waals surface area contributed by atoms with E-state index in [1.807, 2.05) is 12.1 Å². The number of carbonyl (C=O) groups is 2. The first-order valence-corrected chi connectivity index (χ1v) is 14.3. The minimum atomic E-state index is -0.453. The maximum Gasteiger partial charge on any atom is 0.337 e. The molecule has 1 saturated carbocycles. The van der Waals surface area contributed by atoms with E-state index in [0.29, 0.717) is 62.2 Å². The quantitative estimate of drug-likeness (QED) is 0.187. The Balaban J connectivity index is 1.20. The summed E-state index contributed by atoms with van der Waals surface area (Å²) in [5, 5.41) is 5.79. The summed E-state index contributed by atoms with van der Waals surface area (Å²) in [6.07, 6.45) is 2.36. The molecule has 2 heterocycles. The van der Waals surface area contributed by atoms with Crippen molar-refractivity contribution >= 4 is 52.4 Å². The number of aromatic nitrogens is 1. The van der Waals surface area contributed by atoms with Crippen LogP contribution in [-0.4, -0.2) is 30.7 Å². The second-order valence-electron chi connectivity index (χ2n) is 10.2. The maximum atomic E-state index is 12.9. The first kappa shape index (κ1) is 27.6. The van der Waals surface area contributed by atoms with Gasteiger partial charge >= 0.3 is 5.97 Å². The Morgan fingerprint density at radius 2 is 1.76 bits per heavy atom. The van der Waals surface area contributed by atoms with E-state index in [-0.39, 0.29) is 18.4 Å². The van der Waals surface area contributed by atoms with Crippen LogP contribution in [0.1, 0.15) is 58.3 Å². The van der Waals surface area contributed by atoms with Gasteiger partial charge in [-0.3, -0.25) is 4.79 Å². The van der Waals surface area contributed by atoms with E-state index >= 15 is 0 Å². The summed E-state index contributed by atoms with van der Waals surface area (Å²) in [5.41, 5.74) is 3.89. The minimum Gasteiger partial charge on any atom is -0.489 e. The second kappa shape index (κ2) is 11.4. The van der Waals surface area contributed by atoms with E-state index in [1.54, 1.807) is 53.4 Å². The van der Waals surface area contributed by atoms with Crippen LogP contribution in [0.5, 0.6) is 5.75 Å². The summed E-state index contributed by atoms with van der Waals surface area (Å²) < 4.78 is 16.7. The number of amides is 1. The summed E-state index contributed by atoms with van der Waals surface area (Å²) in [7, 11) is 1.33.